The smallest absolute Gasteiger partial charge is 0.336 e. The summed E-state index contributed by atoms with van der Waals surface area (Å²) in [5, 5.41) is 14.4. The Hall–Kier alpha value is -3.09. The molecule has 0 spiro atoms. The Balaban J connectivity index is 2.08. The van der Waals surface area contributed by atoms with Gasteiger partial charge in [-0.1, -0.05) is 54.1 Å². The number of carbonyl (C=O) groups is 2. The van der Waals surface area contributed by atoms with Crippen LogP contribution in [-0.2, 0) is 19.1 Å². The van der Waals surface area contributed by atoms with Crippen molar-refractivity contribution in [3.63, 3.8) is 0 Å². The summed E-state index contributed by atoms with van der Waals surface area (Å²) in [7, 11) is 0. The number of dihydropyridines is 1. The van der Waals surface area contributed by atoms with Crippen molar-refractivity contribution in [3.05, 3.63) is 93.3 Å². The van der Waals surface area contributed by atoms with Crippen LogP contribution in [-0.4, -0.2) is 30.3 Å². The Bertz CT molecular complexity index is 1090. The monoisotopic (exact) mass is 483 g/mol. The second-order valence-corrected chi connectivity index (χ2v) is 8.39. The van der Waals surface area contributed by atoms with Crippen LogP contribution < -0.4 is 5.32 Å². The third kappa shape index (κ3) is 5.88. The fourth-order valence-electron chi connectivity index (χ4n) is 4.17. The second kappa shape index (κ2) is 11.9. The maximum absolute atomic E-state index is 13.2. The van der Waals surface area contributed by atoms with Gasteiger partial charge in [0, 0.05) is 16.4 Å². The molecule has 6 nitrogen and oxygen atoms in total. The largest absolute Gasteiger partial charge is 0.463 e. The molecule has 2 N–H and O–H groups in total. The predicted octanol–water partition coefficient (Wildman–Crippen LogP) is 5.19. The number of ether oxygens (including phenoxy) is 2. The Kier molecular flexibility index (Phi) is 8.91. The van der Waals surface area contributed by atoms with Crippen molar-refractivity contribution >= 4 is 23.5 Å². The van der Waals surface area contributed by atoms with Crippen LogP contribution in [0.4, 0.5) is 0 Å². The quantitative estimate of drug-likeness (QED) is 0.477. The Morgan fingerprint density at radius 2 is 1.65 bits per heavy atom. The Morgan fingerprint density at radius 3 is 2.26 bits per heavy atom. The number of hydrogen-bond donors (Lipinski definition) is 2. The van der Waals surface area contributed by atoms with Crippen molar-refractivity contribution < 1.29 is 24.2 Å². The maximum Gasteiger partial charge on any atom is 0.336 e. The van der Waals surface area contributed by atoms with Gasteiger partial charge in [0.05, 0.1) is 36.4 Å². The minimum absolute atomic E-state index is 0.182. The van der Waals surface area contributed by atoms with Gasteiger partial charge in [0.2, 0.25) is 0 Å². The van der Waals surface area contributed by atoms with E-state index in [1.165, 1.54) is 0 Å². The third-order valence-electron chi connectivity index (χ3n) is 5.67. The van der Waals surface area contributed by atoms with Crippen molar-refractivity contribution in [2.75, 3.05) is 13.2 Å². The molecule has 0 saturated carbocycles. The summed E-state index contributed by atoms with van der Waals surface area (Å²) in [4.78, 5) is 26.2. The van der Waals surface area contributed by atoms with Gasteiger partial charge in [0.15, 0.2) is 0 Å². The summed E-state index contributed by atoms with van der Waals surface area (Å²) < 4.78 is 10.7. The molecule has 2 aromatic rings. The van der Waals surface area contributed by atoms with Gasteiger partial charge in [-0.2, -0.15) is 0 Å². The van der Waals surface area contributed by atoms with E-state index in [0.717, 1.165) is 5.56 Å². The third-order valence-corrected chi connectivity index (χ3v) is 5.90. The maximum atomic E-state index is 13.2. The first-order valence-electron chi connectivity index (χ1n) is 11.4. The van der Waals surface area contributed by atoms with Gasteiger partial charge in [-0.15, -0.1) is 0 Å². The summed E-state index contributed by atoms with van der Waals surface area (Å²) in [5.41, 5.74) is 3.31. The second-order valence-electron chi connectivity index (χ2n) is 7.95. The number of nitrogens with one attached hydrogen (secondary N) is 1. The number of halogens is 1. The van der Waals surface area contributed by atoms with Gasteiger partial charge in [-0.25, -0.2) is 9.59 Å². The van der Waals surface area contributed by atoms with E-state index in [0.29, 0.717) is 46.0 Å². The summed E-state index contributed by atoms with van der Waals surface area (Å²) in [6.07, 6.45) is 0.0353. The van der Waals surface area contributed by atoms with Crippen LogP contribution >= 0.6 is 11.6 Å². The predicted molar refractivity (Wildman–Crippen MR) is 131 cm³/mol. The summed E-state index contributed by atoms with van der Waals surface area (Å²) in [6.45, 7) is 5.62. The van der Waals surface area contributed by atoms with E-state index in [9.17, 15) is 14.7 Å². The highest BCUT2D eigenvalue weighted by Crippen LogP contribution is 2.41. The number of aliphatic hydroxyl groups excluding tert-OH is 1. The fourth-order valence-corrected chi connectivity index (χ4v) is 4.36. The van der Waals surface area contributed by atoms with Crippen molar-refractivity contribution in [2.45, 2.75) is 45.6 Å². The first-order valence-corrected chi connectivity index (χ1v) is 11.8. The summed E-state index contributed by atoms with van der Waals surface area (Å²) >= 11 is 6.27. The standard InChI is InChI=1S/C27H30ClNO5/c1-4-33-26(31)23-17(3)29-21(14-15-22(30)18-10-7-6-8-11-18)25(27(32)34-5-2)24(23)19-12-9-13-20(28)16-19/h6-13,16,22,24,29-30H,4-5,14-15H2,1-3H3. The van der Waals surface area contributed by atoms with E-state index >= 15 is 0 Å². The first kappa shape index (κ1) is 25.5. The molecular weight excluding hydrogens is 454 g/mol. The highest BCUT2D eigenvalue weighted by molar-refractivity contribution is 6.30. The molecule has 0 fully saturated rings. The number of hydrogen-bond acceptors (Lipinski definition) is 6. The molecule has 2 unspecified atom stereocenters. The molecule has 1 heterocycles. The molecule has 180 valence electrons. The van der Waals surface area contributed by atoms with Gasteiger partial charge < -0.3 is 19.9 Å². The van der Waals surface area contributed by atoms with Gasteiger partial charge in [0.25, 0.3) is 0 Å². The molecule has 0 aliphatic carbocycles. The molecule has 1 aliphatic rings. The van der Waals surface area contributed by atoms with E-state index in [1.54, 1.807) is 39.0 Å². The molecule has 0 aromatic heterocycles. The molecule has 0 bridgehead atoms. The Morgan fingerprint density at radius 1 is 1.00 bits per heavy atom. The fraction of sp³-hybridized carbons (Fsp3) is 0.333. The molecule has 0 saturated heterocycles. The van der Waals surface area contributed by atoms with Gasteiger partial charge >= 0.3 is 11.9 Å². The Labute approximate surface area is 205 Å². The van der Waals surface area contributed by atoms with Crippen LogP contribution in [0.2, 0.25) is 5.02 Å². The molecule has 0 amide bonds. The van der Waals surface area contributed by atoms with Crippen molar-refractivity contribution in [3.8, 4) is 0 Å². The van der Waals surface area contributed by atoms with Crippen LogP contribution in [0.15, 0.2) is 77.1 Å². The highest BCUT2D eigenvalue weighted by Gasteiger charge is 2.39. The zero-order valence-electron chi connectivity index (χ0n) is 19.6. The van der Waals surface area contributed by atoms with E-state index in [2.05, 4.69) is 5.32 Å². The number of benzene rings is 2. The molecule has 3 rings (SSSR count). The topological polar surface area (TPSA) is 84.9 Å². The van der Waals surface area contributed by atoms with Gasteiger partial charge in [-0.05, 0) is 56.9 Å². The summed E-state index contributed by atoms with van der Waals surface area (Å²) in [5.74, 6) is -1.76. The lowest BCUT2D eigenvalue weighted by atomic mass is 9.79. The average molecular weight is 484 g/mol. The molecule has 1 aliphatic heterocycles. The molecule has 2 aromatic carbocycles. The van der Waals surface area contributed by atoms with Crippen LogP contribution in [0.1, 0.15) is 56.8 Å². The van der Waals surface area contributed by atoms with E-state index in [-0.39, 0.29) is 13.2 Å². The first-order chi connectivity index (χ1) is 16.4. The number of allylic oxidation sites excluding steroid dienone is 2. The van der Waals surface area contributed by atoms with E-state index < -0.39 is 24.0 Å². The van der Waals surface area contributed by atoms with Crippen LogP contribution in [0, 0.1) is 0 Å². The zero-order valence-corrected chi connectivity index (χ0v) is 20.4. The van der Waals surface area contributed by atoms with Crippen molar-refractivity contribution in [1.82, 2.24) is 5.32 Å². The van der Waals surface area contributed by atoms with Crippen molar-refractivity contribution in [2.24, 2.45) is 0 Å². The minimum Gasteiger partial charge on any atom is -0.463 e. The molecular formula is C27H30ClNO5. The van der Waals surface area contributed by atoms with Crippen LogP contribution in [0.5, 0.6) is 0 Å². The summed E-state index contributed by atoms with van der Waals surface area (Å²) in [6, 6.07) is 16.4. The van der Waals surface area contributed by atoms with Gasteiger partial charge in [-0.3, -0.25) is 0 Å². The van der Waals surface area contributed by atoms with Crippen LogP contribution in [0.3, 0.4) is 0 Å². The number of esters is 2. The minimum atomic E-state index is -0.720. The SMILES string of the molecule is CCOC(=O)C1=C(C)NC(CCC(O)c2ccccc2)=C(C(=O)OCC)C1c1cccc(Cl)c1. The number of carbonyl (C=O) groups excluding carboxylic acids is 2. The molecule has 34 heavy (non-hydrogen) atoms. The lowest BCUT2D eigenvalue weighted by molar-refractivity contribution is -0.139. The number of aliphatic hydroxyl groups is 1. The van der Waals surface area contributed by atoms with E-state index in [4.69, 9.17) is 21.1 Å². The van der Waals surface area contributed by atoms with E-state index in [1.807, 2.05) is 36.4 Å². The zero-order chi connectivity index (χ0) is 24.7. The highest BCUT2D eigenvalue weighted by atomic mass is 35.5. The average Bonchev–Trinajstić information content (AvgIpc) is 2.82. The molecule has 0 radical (unpaired) electrons. The molecule has 7 heteroatoms. The normalized spacial score (nSPS) is 16.7. The lowest BCUT2D eigenvalue weighted by Gasteiger charge is -2.32. The molecule has 2 atom stereocenters. The van der Waals surface area contributed by atoms with Crippen LogP contribution in [0.25, 0.3) is 0 Å². The van der Waals surface area contributed by atoms with Gasteiger partial charge in [0.1, 0.15) is 0 Å². The van der Waals surface area contributed by atoms with Crippen molar-refractivity contribution in [1.29, 1.82) is 0 Å². The lowest BCUT2D eigenvalue weighted by Crippen LogP contribution is -2.33. The number of rotatable bonds is 9.